The number of thiazole rings is 1. The molecule has 1 aromatic rings. The van der Waals surface area contributed by atoms with E-state index in [-0.39, 0.29) is 5.91 Å². The van der Waals surface area contributed by atoms with Gasteiger partial charge in [0.1, 0.15) is 0 Å². The Bertz CT molecular complexity index is 479. The molecule has 6 heteroatoms. The van der Waals surface area contributed by atoms with Crippen molar-refractivity contribution >= 4 is 28.3 Å². The lowest BCUT2D eigenvalue weighted by Gasteiger charge is -2.26. The van der Waals surface area contributed by atoms with Crippen LogP contribution in [0.2, 0.25) is 0 Å². The topological polar surface area (TPSA) is 79.3 Å². The molecule has 0 saturated heterocycles. The molecule has 0 aromatic carbocycles. The minimum absolute atomic E-state index is 0.208. The first-order valence-electron chi connectivity index (χ1n) is 6.46. The monoisotopic (exact) mass is 282 g/mol. The van der Waals surface area contributed by atoms with Crippen LogP contribution in [0, 0.1) is 25.7 Å². The lowest BCUT2D eigenvalue weighted by Crippen LogP contribution is -2.36. The molecule has 1 amide bonds. The molecule has 1 heterocycles. The van der Waals surface area contributed by atoms with Crippen LogP contribution in [0.15, 0.2) is 0 Å². The third kappa shape index (κ3) is 3.12. The molecule has 1 saturated carbocycles. The Labute approximate surface area is 116 Å². The first kappa shape index (κ1) is 14.0. The van der Waals surface area contributed by atoms with Gasteiger partial charge in [-0.2, -0.15) is 0 Å². The van der Waals surface area contributed by atoms with E-state index in [2.05, 4.69) is 10.3 Å². The van der Waals surface area contributed by atoms with Crippen LogP contribution >= 0.6 is 11.3 Å². The van der Waals surface area contributed by atoms with Gasteiger partial charge < -0.3 is 10.4 Å². The molecular formula is C13H18N2O3S. The number of carboxylic acids is 1. The summed E-state index contributed by atoms with van der Waals surface area (Å²) in [6, 6.07) is 0. The van der Waals surface area contributed by atoms with Crippen molar-refractivity contribution in [1.82, 2.24) is 4.98 Å². The summed E-state index contributed by atoms with van der Waals surface area (Å²) in [6.45, 7) is 3.84. The minimum Gasteiger partial charge on any atom is -0.481 e. The van der Waals surface area contributed by atoms with Gasteiger partial charge in [0.25, 0.3) is 0 Å². The lowest BCUT2D eigenvalue weighted by molar-refractivity contribution is -0.147. The fourth-order valence-electron chi connectivity index (χ4n) is 2.46. The van der Waals surface area contributed by atoms with Gasteiger partial charge in [-0.1, -0.05) is 12.8 Å². The Kier molecular flexibility index (Phi) is 4.19. The summed E-state index contributed by atoms with van der Waals surface area (Å²) < 4.78 is 0. The number of nitrogens with zero attached hydrogens (tertiary/aromatic N) is 1. The summed E-state index contributed by atoms with van der Waals surface area (Å²) >= 11 is 1.43. The molecular weight excluding hydrogens is 264 g/mol. The fourth-order valence-corrected chi connectivity index (χ4v) is 3.28. The third-order valence-corrected chi connectivity index (χ3v) is 4.67. The molecule has 1 aliphatic rings. The van der Waals surface area contributed by atoms with Crippen molar-refractivity contribution in [2.45, 2.75) is 39.5 Å². The van der Waals surface area contributed by atoms with Gasteiger partial charge in [0, 0.05) is 4.88 Å². The number of nitrogens with one attached hydrogen (secondary N) is 1. The molecule has 2 atom stereocenters. The Morgan fingerprint density at radius 3 is 2.42 bits per heavy atom. The van der Waals surface area contributed by atoms with E-state index in [0.29, 0.717) is 18.0 Å². The zero-order valence-electron chi connectivity index (χ0n) is 11.1. The molecule has 19 heavy (non-hydrogen) atoms. The number of carbonyl (C=O) groups excluding carboxylic acids is 1. The van der Waals surface area contributed by atoms with Gasteiger partial charge in [0.05, 0.1) is 17.5 Å². The maximum atomic E-state index is 12.2. The molecule has 0 bridgehead atoms. The van der Waals surface area contributed by atoms with Gasteiger partial charge in [-0.25, -0.2) is 4.98 Å². The summed E-state index contributed by atoms with van der Waals surface area (Å²) in [5.74, 6) is -2.07. The van der Waals surface area contributed by atoms with Gasteiger partial charge in [-0.05, 0) is 26.7 Å². The van der Waals surface area contributed by atoms with Crippen LogP contribution in [-0.2, 0) is 9.59 Å². The molecule has 5 nitrogen and oxygen atoms in total. The van der Waals surface area contributed by atoms with E-state index in [1.165, 1.54) is 11.3 Å². The first-order chi connectivity index (χ1) is 8.99. The molecule has 0 radical (unpaired) electrons. The smallest absolute Gasteiger partial charge is 0.307 e. The van der Waals surface area contributed by atoms with Crippen LogP contribution in [0.4, 0.5) is 5.13 Å². The van der Waals surface area contributed by atoms with Crippen molar-refractivity contribution in [3.05, 3.63) is 10.6 Å². The second-order valence-electron chi connectivity index (χ2n) is 4.99. The number of carbonyl (C=O) groups is 2. The summed E-state index contributed by atoms with van der Waals surface area (Å²) in [7, 11) is 0. The Morgan fingerprint density at radius 1 is 1.26 bits per heavy atom. The van der Waals surface area contributed by atoms with Gasteiger partial charge in [-0.15, -0.1) is 11.3 Å². The van der Waals surface area contributed by atoms with Gasteiger partial charge >= 0.3 is 5.97 Å². The van der Waals surface area contributed by atoms with Gasteiger partial charge in [0.2, 0.25) is 5.91 Å². The van der Waals surface area contributed by atoms with Crippen LogP contribution in [0.1, 0.15) is 36.3 Å². The third-order valence-electron chi connectivity index (χ3n) is 3.68. The Balaban J connectivity index is 2.07. The normalized spacial score (nSPS) is 23.1. The number of hydrogen-bond acceptors (Lipinski definition) is 4. The second kappa shape index (κ2) is 5.69. The molecule has 0 spiro atoms. The standard InChI is InChI=1S/C13H18N2O3S/c1-7-8(2)19-13(14-7)15-11(16)9-5-3-4-6-10(9)12(17)18/h9-10H,3-6H2,1-2H3,(H,17,18)(H,14,15,16)/t9-,10+/m0/s1. The molecule has 1 fully saturated rings. The van der Waals surface area contributed by atoms with E-state index in [4.69, 9.17) is 0 Å². The average molecular weight is 282 g/mol. The highest BCUT2D eigenvalue weighted by atomic mass is 32.1. The maximum absolute atomic E-state index is 12.2. The van der Waals surface area contributed by atoms with Crippen LogP contribution in [0.3, 0.4) is 0 Å². The summed E-state index contributed by atoms with van der Waals surface area (Å²) in [4.78, 5) is 28.7. The molecule has 104 valence electrons. The summed E-state index contributed by atoms with van der Waals surface area (Å²) in [5, 5.41) is 12.5. The van der Waals surface area contributed by atoms with E-state index in [1.54, 1.807) is 0 Å². The number of aromatic nitrogens is 1. The zero-order chi connectivity index (χ0) is 14.0. The molecule has 0 aliphatic heterocycles. The predicted molar refractivity (Wildman–Crippen MR) is 73.3 cm³/mol. The average Bonchev–Trinajstić information content (AvgIpc) is 2.68. The molecule has 0 unspecified atom stereocenters. The maximum Gasteiger partial charge on any atom is 0.307 e. The Morgan fingerprint density at radius 2 is 1.89 bits per heavy atom. The van der Waals surface area contributed by atoms with Crippen LogP contribution < -0.4 is 5.32 Å². The highest BCUT2D eigenvalue weighted by molar-refractivity contribution is 7.15. The number of carboxylic acid groups (broad SMARTS) is 1. The number of aliphatic carboxylic acids is 1. The van der Waals surface area contributed by atoms with Crippen molar-refractivity contribution in [3.63, 3.8) is 0 Å². The van der Waals surface area contributed by atoms with Gasteiger partial charge in [-0.3, -0.25) is 9.59 Å². The number of hydrogen-bond donors (Lipinski definition) is 2. The second-order valence-corrected chi connectivity index (χ2v) is 6.19. The van der Waals surface area contributed by atoms with E-state index < -0.39 is 17.8 Å². The Hall–Kier alpha value is -1.43. The number of anilines is 1. The predicted octanol–water partition coefficient (Wildman–Crippen LogP) is 2.59. The number of rotatable bonds is 3. The van der Waals surface area contributed by atoms with Crippen molar-refractivity contribution in [1.29, 1.82) is 0 Å². The van der Waals surface area contributed by atoms with E-state index in [1.807, 2.05) is 13.8 Å². The highest BCUT2D eigenvalue weighted by Crippen LogP contribution is 2.32. The lowest BCUT2D eigenvalue weighted by atomic mass is 9.79. The van der Waals surface area contributed by atoms with Crippen LogP contribution in [0.5, 0.6) is 0 Å². The van der Waals surface area contributed by atoms with E-state index in [0.717, 1.165) is 23.4 Å². The molecule has 2 N–H and O–H groups in total. The first-order valence-corrected chi connectivity index (χ1v) is 7.28. The van der Waals surface area contributed by atoms with E-state index >= 15 is 0 Å². The van der Waals surface area contributed by atoms with Crippen molar-refractivity contribution in [3.8, 4) is 0 Å². The quantitative estimate of drug-likeness (QED) is 0.893. The van der Waals surface area contributed by atoms with Crippen molar-refractivity contribution in [2.75, 3.05) is 5.32 Å². The van der Waals surface area contributed by atoms with Crippen LogP contribution in [-0.4, -0.2) is 22.0 Å². The number of aryl methyl sites for hydroxylation is 2. The largest absolute Gasteiger partial charge is 0.481 e. The zero-order valence-corrected chi connectivity index (χ0v) is 11.9. The van der Waals surface area contributed by atoms with Gasteiger partial charge in [0.15, 0.2) is 5.13 Å². The van der Waals surface area contributed by atoms with Crippen molar-refractivity contribution < 1.29 is 14.7 Å². The molecule has 1 aliphatic carbocycles. The van der Waals surface area contributed by atoms with Crippen molar-refractivity contribution in [2.24, 2.45) is 11.8 Å². The van der Waals surface area contributed by atoms with Crippen LogP contribution in [0.25, 0.3) is 0 Å². The highest BCUT2D eigenvalue weighted by Gasteiger charge is 2.35. The SMILES string of the molecule is Cc1nc(NC(=O)[C@H]2CCCC[C@H]2C(=O)O)sc1C. The fraction of sp³-hybridized carbons (Fsp3) is 0.615. The molecule has 2 rings (SSSR count). The minimum atomic E-state index is -0.869. The summed E-state index contributed by atoms with van der Waals surface area (Å²) in [6.07, 6.45) is 3.03. The summed E-state index contributed by atoms with van der Waals surface area (Å²) in [5.41, 5.74) is 0.902. The molecule has 1 aromatic heterocycles. The van der Waals surface area contributed by atoms with E-state index in [9.17, 15) is 14.7 Å². The number of amides is 1.